The Morgan fingerprint density at radius 1 is 1.05 bits per heavy atom. The lowest BCUT2D eigenvalue weighted by molar-refractivity contribution is -0.158. The molecule has 0 radical (unpaired) electrons. The van der Waals surface area contributed by atoms with E-state index in [2.05, 4.69) is 14.2 Å². The van der Waals surface area contributed by atoms with Gasteiger partial charge in [0.2, 0.25) is 0 Å². The van der Waals surface area contributed by atoms with E-state index in [-0.39, 0.29) is 6.42 Å². The minimum Gasteiger partial charge on any atom is -0.468 e. The molecule has 0 spiro atoms. The quantitative estimate of drug-likeness (QED) is 0.226. The molecular weight excluding hydrogens is 252 g/mol. The highest BCUT2D eigenvalue weighted by molar-refractivity contribution is 5.94. The summed E-state index contributed by atoms with van der Waals surface area (Å²) in [6, 6.07) is 0. The molecule has 0 aromatic heterocycles. The molecule has 0 saturated heterocycles. The molecule has 0 heterocycles. The second-order valence-electron chi connectivity index (χ2n) is 3.37. The predicted molar refractivity (Wildman–Crippen MR) is 67.1 cm³/mol. The number of carbonyl (C=O) groups excluding carboxylic acids is 3. The molecule has 0 atom stereocenters. The molecule has 19 heavy (non-hydrogen) atoms. The normalized spacial score (nSPS) is 10.9. The lowest BCUT2D eigenvalue weighted by atomic mass is 10.1. The lowest BCUT2D eigenvalue weighted by Crippen LogP contribution is -2.25. The Bertz CT molecular complexity index is 353. The molecule has 0 amide bonds. The highest BCUT2D eigenvalue weighted by atomic mass is 16.5. The number of allylic oxidation sites excluding steroid dienone is 3. The summed E-state index contributed by atoms with van der Waals surface area (Å²) in [7, 11) is 2.39. The second-order valence-corrected chi connectivity index (χ2v) is 3.37. The summed E-state index contributed by atoms with van der Waals surface area (Å²) in [4.78, 5) is 33.6. The summed E-state index contributed by atoms with van der Waals surface area (Å²) < 4.78 is 13.7. The first-order chi connectivity index (χ1) is 9.06. The van der Waals surface area contributed by atoms with Gasteiger partial charge >= 0.3 is 17.9 Å². The van der Waals surface area contributed by atoms with Gasteiger partial charge in [-0.25, -0.2) is 4.79 Å². The second kappa shape index (κ2) is 9.87. The van der Waals surface area contributed by atoms with Gasteiger partial charge < -0.3 is 14.2 Å². The fourth-order valence-electron chi connectivity index (χ4n) is 1.19. The fourth-order valence-corrected chi connectivity index (χ4v) is 1.19. The van der Waals surface area contributed by atoms with Crippen molar-refractivity contribution in [2.45, 2.75) is 13.3 Å². The van der Waals surface area contributed by atoms with E-state index in [1.807, 2.05) is 0 Å². The van der Waals surface area contributed by atoms with Crippen LogP contribution in [-0.2, 0) is 28.6 Å². The van der Waals surface area contributed by atoms with Gasteiger partial charge in [0.1, 0.15) is 0 Å². The predicted octanol–water partition coefficient (Wildman–Crippen LogP) is 1.01. The van der Waals surface area contributed by atoms with Gasteiger partial charge in [-0.15, -0.1) is 0 Å². The van der Waals surface area contributed by atoms with Gasteiger partial charge in [0.05, 0.1) is 20.8 Å². The maximum atomic E-state index is 11.3. The molecule has 0 aliphatic heterocycles. The van der Waals surface area contributed by atoms with Gasteiger partial charge in [0.15, 0.2) is 5.92 Å². The Hall–Kier alpha value is -2.11. The molecule has 0 aliphatic carbocycles. The smallest absolute Gasteiger partial charge is 0.330 e. The summed E-state index contributed by atoms with van der Waals surface area (Å²) in [6.07, 6.45) is 5.94. The van der Waals surface area contributed by atoms with Crippen molar-refractivity contribution in [3.63, 3.8) is 0 Å². The van der Waals surface area contributed by atoms with Gasteiger partial charge in [0, 0.05) is 6.08 Å². The van der Waals surface area contributed by atoms with Crippen molar-refractivity contribution in [1.29, 1.82) is 0 Å². The topological polar surface area (TPSA) is 78.9 Å². The van der Waals surface area contributed by atoms with Crippen molar-refractivity contribution >= 4 is 17.9 Å². The molecule has 0 aliphatic rings. The van der Waals surface area contributed by atoms with Crippen LogP contribution in [0.2, 0.25) is 0 Å². The first kappa shape index (κ1) is 16.9. The Kier molecular flexibility index (Phi) is 8.78. The zero-order valence-corrected chi connectivity index (χ0v) is 11.3. The summed E-state index contributed by atoms with van der Waals surface area (Å²) in [5, 5.41) is 0. The third-order valence-electron chi connectivity index (χ3n) is 2.11. The number of methoxy groups -OCH3 is 2. The number of hydrogen-bond acceptors (Lipinski definition) is 6. The summed E-state index contributed by atoms with van der Waals surface area (Å²) in [5.41, 5.74) is 0. The summed E-state index contributed by atoms with van der Waals surface area (Å²) in [5.74, 6) is -2.77. The van der Waals surface area contributed by atoms with Crippen molar-refractivity contribution in [1.82, 2.24) is 0 Å². The molecule has 0 saturated carbocycles. The van der Waals surface area contributed by atoms with Crippen molar-refractivity contribution in [3.05, 3.63) is 24.3 Å². The van der Waals surface area contributed by atoms with E-state index in [0.29, 0.717) is 6.61 Å². The van der Waals surface area contributed by atoms with Crippen molar-refractivity contribution in [3.8, 4) is 0 Å². The molecule has 0 unspecified atom stereocenters. The molecule has 0 N–H and O–H groups in total. The zero-order chi connectivity index (χ0) is 14.7. The minimum absolute atomic E-state index is 0.131. The first-order valence-electron chi connectivity index (χ1n) is 5.72. The van der Waals surface area contributed by atoms with E-state index >= 15 is 0 Å². The van der Waals surface area contributed by atoms with Gasteiger partial charge in [0.25, 0.3) is 0 Å². The third kappa shape index (κ3) is 7.03. The third-order valence-corrected chi connectivity index (χ3v) is 2.11. The molecule has 0 fully saturated rings. The Balaban J connectivity index is 4.36. The number of ether oxygens (including phenoxy) is 3. The van der Waals surface area contributed by atoms with Crippen LogP contribution in [0.25, 0.3) is 0 Å². The van der Waals surface area contributed by atoms with Gasteiger partial charge in [-0.05, 0) is 13.3 Å². The van der Waals surface area contributed by atoms with E-state index in [1.165, 1.54) is 32.4 Å². The van der Waals surface area contributed by atoms with Crippen LogP contribution in [0.15, 0.2) is 24.3 Å². The number of hydrogen-bond donors (Lipinski definition) is 0. The molecule has 0 aromatic rings. The van der Waals surface area contributed by atoms with Crippen LogP contribution < -0.4 is 0 Å². The average molecular weight is 270 g/mol. The van der Waals surface area contributed by atoms with E-state index in [0.717, 1.165) is 0 Å². The summed E-state index contributed by atoms with van der Waals surface area (Å²) in [6.45, 7) is 2.01. The molecule has 0 aromatic carbocycles. The highest BCUT2D eigenvalue weighted by Gasteiger charge is 2.26. The van der Waals surface area contributed by atoms with Crippen molar-refractivity contribution in [2.75, 3.05) is 20.8 Å². The van der Waals surface area contributed by atoms with Crippen LogP contribution in [-0.4, -0.2) is 38.7 Å². The number of esters is 3. The van der Waals surface area contributed by atoms with E-state index in [4.69, 9.17) is 0 Å². The van der Waals surface area contributed by atoms with Gasteiger partial charge in [-0.1, -0.05) is 18.2 Å². The van der Waals surface area contributed by atoms with Crippen molar-refractivity contribution in [2.24, 2.45) is 5.92 Å². The molecule has 0 rings (SSSR count). The minimum atomic E-state index is -0.998. The lowest BCUT2D eigenvalue weighted by Gasteiger charge is -2.09. The van der Waals surface area contributed by atoms with Crippen LogP contribution in [0.5, 0.6) is 0 Å². The highest BCUT2D eigenvalue weighted by Crippen LogP contribution is 2.08. The van der Waals surface area contributed by atoms with E-state index in [1.54, 1.807) is 13.0 Å². The van der Waals surface area contributed by atoms with Crippen LogP contribution in [0.3, 0.4) is 0 Å². The average Bonchev–Trinajstić information content (AvgIpc) is 2.41. The number of rotatable bonds is 7. The van der Waals surface area contributed by atoms with Crippen LogP contribution in [0.1, 0.15) is 13.3 Å². The standard InChI is InChI=1S/C13H18O6/c1-4-19-11(14)9-7-5-6-8-10(12(15)17-2)13(16)18-3/h5-7,9-10H,4,8H2,1-3H3/b6-5+,9-7+. The zero-order valence-electron chi connectivity index (χ0n) is 11.3. The SMILES string of the molecule is CCOC(=O)/C=C/C=C/CC(C(=O)OC)C(=O)OC. The van der Waals surface area contributed by atoms with Crippen LogP contribution in [0.4, 0.5) is 0 Å². The van der Waals surface area contributed by atoms with Crippen molar-refractivity contribution < 1.29 is 28.6 Å². The molecular formula is C13H18O6. The van der Waals surface area contributed by atoms with E-state index < -0.39 is 23.8 Å². The van der Waals surface area contributed by atoms with Gasteiger partial charge in [-0.2, -0.15) is 0 Å². The monoisotopic (exact) mass is 270 g/mol. The van der Waals surface area contributed by atoms with Crippen LogP contribution in [0, 0.1) is 5.92 Å². The fraction of sp³-hybridized carbons (Fsp3) is 0.462. The Morgan fingerprint density at radius 2 is 1.63 bits per heavy atom. The molecule has 6 nitrogen and oxygen atoms in total. The molecule has 0 bridgehead atoms. The Labute approximate surface area is 112 Å². The maximum Gasteiger partial charge on any atom is 0.330 e. The molecule has 106 valence electrons. The summed E-state index contributed by atoms with van der Waals surface area (Å²) >= 11 is 0. The number of carbonyl (C=O) groups is 3. The Morgan fingerprint density at radius 3 is 2.11 bits per heavy atom. The van der Waals surface area contributed by atoms with E-state index in [9.17, 15) is 14.4 Å². The molecule has 6 heteroatoms. The largest absolute Gasteiger partial charge is 0.468 e. The van der Waals surface area contributed by atoms with Crippen LogP contribution >= 0.6 is 0 Å². The first-order valence-corrected chi connectivity index (χ1v) is 5.72. The van der Waals surface area contributed by atoms with Gasteiger partial charge in [-0.3, -0.25) is 9.59 Å². The maximum absolute atomic E-state index is 11.3.